The summed E-state index contributed by atoms with van der Waals surface area (Å²) in [4.78, 5) is 10.4. The van der Waals surface area contributed by atoms with Crippen LogP contribution in [0.1, 0.15) is 32.1 Å². The van der Waals surface area contributed by atoms with Crippen molar-refractivity contribution in [1.82, 2.24) is 0 Å². The first-order valence-corrected chi connectivity index (χ1v) is 3.95. The number of carboxylic acids is 1. The zero-order valence-corrected chi connectivity index (χ0v) is 6.80. The average Bonchev–Trinajstić information content (AvgIpc) is 2.36. The maximum atomic E-state index is 10.4. The van der Waals surface area contributed by atoms with Crippen LogP contribution in [0.15, 0.2) is 0 Å². The minimum absolute atomic E-state index is 0.156. The van der Waals surface area contributed by atoms with Gasteiger partial charge in [-0.2, -0.15) is 0 Å². The summed E-state index contributed by atoms with van der Waals surface area (Å²) in [5.41, 5.74) is -0.341. The molecule has 0 radical (unpaired) electrons. The van der Waals surface area contributed by atoms with Crippen LogP contribution in [0.2, 0.25) is 0 Å². The van der Waals surface area contributed by atoms with Crippen molar-refractivity contribution in [3.05, 3.63) is 0 Å². The Kier molecular flexibility index (Phi) is 2.49. The number of rotatable bonds is 3. The third kappa shape index (κ3) is 1.93. The van der Waals surface area contributed by atoms with Crippen molar-refractivity contribution < 1.29 is 14.6 Å². The Hall–Kier alpha value is -0.570. The van der Waals surface area contributed by atoms with Crippen LogP contribution in [0, 0.1) is 0 Å². The van der Waals surface area contributed by atoms with Gasteiger partial charge in [-0.05, 0) is 12.8 Å². The highest BCUT2D eigenvalue weighted by atomic mass is 16.5. The van der Waals surface area contributed by atoms with Crippen molar-refractivity contribution in [2.45, 2.75) is 37.7 Å². The van der Waals surface area contributed by atoms with Gasteiger partial charge < -0.3 is 9.84 Å². The fraction of sp³-hybridized carbons (Fsp3) is 0.875. The molecule has 0 aliphatic heterocycles. The van der Waals surface area contributed by atoms with E-state index in [2.05, 4.69) is 0 Å². The molecule has 3 nitrogen and oxygen atoms in total. The summed E-state index contributed by atoms with van der Waals surface area (Å²) >= 11 is 0. The molecule has 0 bridgehead atoms. The normalized spacial score (nSPS) is 21.9. The molecular formula is C8H14O3. The number of carbonyl (C=O) groups is 1. The first kappa shape index (κ1) is 8.53. The standard InChI is InChI=1S/C8H14O3/c1-11-8(6-7(9)10)4-2-3-5-8/h2-6H2,1H3,(H,9,10). The van der Waals surface area contributed by atoms with E-state index in [4.69, 9.17) is 9.84 Å². The number of hydrogen-bond donors (Lipinski definition) is 1. The Morgan fingerprint density at radius 1 is 1.55 bits per heavy atom. The monoisotopic (exact) mass is 158 g/mol. The Bertz CT molecular complexity index is 147. The van der Waals surface area contributed by atoms with Gasteiger partial charge in [-0.15, -0.1) is 0 Å². The van der Waals surface area contributed by atoms with Gasteiger partial charge in [-0.3, -0.25) is 4.79 Å². The molecule has 0 aromatic heterocycles. The number of methoxy groups -OCH3 is 1. The molecule has 3 heteroatoms. The predicted molar refractivity (Wildman–Crippen MR) is 40.5 cm³/mol. The van der Waals surface area contributed by atoms with Crippen LogP contribution in [-0.4, -0.2) is 23.8 Å². The molecular weight excluding hydrogens is 144 g/mol. The van der Waals surface area contributed by atoms with E-state index < -0.39 is 5.97 Å². The van der Waals surface area contributed by atoms with Crippen LogP contribution in [0.4, 0.5) is 0 Å². The molecule has 1 fully saturated rings. The lowest BCUT2D eigenvalue weighted by Gasteiger charge is -2.24. The number of carboxylic acid groups (broad SMARTS) is 1. The SMILES string of the molecule is COC1(CC(=O)O)CCCC1. The van der Waals surface area contributed by atoms with E-state index in [1.807, 2.05) is 0 Å². The van der Waals surface area contributed by atoms with Crippen LogP contribution in [0.5, 0.6) is 0 Å². The van der Waals surface area contributed by atoms with E-state index in [0.717, 1.165) is 25.7 Å². The number of aliphatic carboxylic acids is 1. The van der Waals surface area contributed by atoms with E-state index in [1.165, 1.54) is 0 Å². The predicted octanol–water partition coefficient (Wildman–Crippen LogP) is 1.42. The fourth-order valence-electron chi connectivity index (χ4n) is 1.75. The van der Waals surface area contributed by atoms with Crippen LogP contribution < -0.4 is 0 Å². The lowest BCUT2D eigenvalue weighted by molar-refractivity contribution is -0.143. The van der Waals surface area contributed by atoms with Gasteiger partial charge in [0.25, 0.3) is 0 Å². The molecule has 0 aromatic rings. The second-order valence-electron chi connectivity index (χ2n) is 3.16. The van der Waals surface area contributed by atoms with Crippen LogP contribution in [0.3, 0.4) is 0 Å². The number of ether oxygens (including phenoxy) is 1. The fourth-order valence-corrected chi connectivity index (χ4v) is 1.75. The van der Waals surface area contributed by atoms with Crippen molar-refractivity contribution in [3.8, 4) is 0 Å². The number of hydrogen-bond acceptors (Lipinski definition) is 2. The molecule has 0 unspecified atom stereocenters. The molecule has 64 valence electrons. The molecule has 0 spiro atoms. The minimum atomic E-state index is -0.756. The maximum Gasteiger partial charge on any atom is 0.306 e. The largest absolute Gasteiger partial charge is 0.481 e. The van der Waals surface area contributed by atoms with Gasteiger partial charge in [-0.25, -0.2) is 0 Å². The van der Waals surface area contributed by atoms with Crippen molar-refractivity contribution in [1.29, 1.82) is 0 Å². The molecule has 0 amide bonds. The summed E-state index contributed by atoms with van der Waals surface area (Å²) in [6, 6.07) is 0. The average molecular weight is 158 g/mol. The first-order valence-electron chi connectivity index (χ1n) is 3.95. The van der Waals surface area contributed by atoms with Crippen molar-refractivity contribution in [3.63, 3.8) is 0 Å². The van der Waals surface area contributed by atoms with Crippen LogP contribution >= 0.6 is 0 Å². The summed E-state index contributed by atoms with van der Waals surface area (Å²) in [5.74, 6) is -0.756. The van der Waals surface area contributed by atoms with E-state index in [1.54, 1.807) is 7.11 Å². The molecule has 11 heavy (non-hydrogen) atoms. The van der Waals surface area contributed by atoms with Gasteiger partial charge in [0, 0.05) is 7.11 Å². The van der Waals surface area contributed by atoms with Gasteiger partial charge in [-0.1, -0.05) is 12.8 Å². The molecule has 0 atom stereocenters. The van der Waals surface area contributed by atoms with Gasteiger partial charge in [0.15, 0.2) is 0 Å². The molecule has 0 saturated heterocycles. The molecule has 1 N–H and O–H groups in total. The lowest BCUT2D eigenvalue weighted by atomic mass is 9.98. The Balaban J connectivity index is 2.52. The van der Waals surface area contributed by atoms with Crippen LogP contribution in [0.25, 0.3) is 0 Å². The highest BCUT2D eigenvalue weighted by molar-refractivity contribution is 5.68. The van der Waals surface area contributed by atoms with Gasteiger partial charge >= 0.3 is 5.97 Å². The van der Waals surface area contributed by atoms with Gasteiger partial charge in [0.1, 0.15) is 0 Å². The second-order valence-corrected chi connectivity index (χ2v) is 3.16. The highest BCUT2D eigenvalue weighted by Crippen LogP contribution is 2.35. The quantitative estimate of drug-likeness (QED) is 0.675. The second kappa shape index (κ2) is 3.22. The minimum Gasteiger partial charge on any atom is -0.481 e. The van der Waals surface area contributed by atoms with Crippen molar-refractivity contribution in [2.75, 3.05) is 7.11 Å². The highest BCUT2D eigenvalue weighted by Gasteiger charge is 2.35. The van der Waals surface area contributed by atoms with E-state index in [-0.39, 0.29) is 12.0 Å². The Morgan fingerprint density at radius 3 is 2.45 bits per heavy atom. The molecule has 1 rings (SSSR count). The Labute approximate surface area is 66.4 Å². The van der Waals surface area contributed by atoms with Crippen molar-refractivity contribution >= 4 is 5.97 Å². The third-order valence-corrected chi connectivity index (χ3v) is 2.42. The summed E-state index contributed by atoms with van der Waals surface area (Å²) < 4.78 is 5.23. The lowest BCUT2D eigenvalue weighted by Crippen LogP contribution is -2.30. The zero-order valence-electron chi connectivity index (χ0n) is 6.80. The molecule has 1 aliphatic carbocycles. The summed E-state index contributed by atoms with van der Waals surface area (Å²) in [6.07, 6.45) is 4.15. The smallest absolute Gasteiger partial charge is 0.306 e. The third-order valence-electron chi connectivity index (χ3n) is 2.42. The molecule has 1 aliphatic rings. The summed E-state index contributed by atoms with van der Waals surface area (Å²) in [5, 5.41) is 8.59. The molecule has 0 aromatic carbocycles. The van der Waals surface area contributed by atoms with E-state index >= 15 is 0 Å². The summed E-state index contributed by atoms with van der Waals surface area (Å²) in [7, 11) is 1.61. The van der Waals surface area contributed by atoms with Crippen molar-refractivity contribution in [2.24, 2.45) is 0 Å². The van der Waals surface area contributed by atoms with E-state index in [0.29, 0.717) is 0 Å². The molecule has 0 heterocycles. The van der Waals surface area contributed by atoms with E-state index in [9.17, 15) is 4.79 Å². The topological polar surface area (TPSA) is 46.5 Å². The van der Waals surface area contributed by atoms with Gasteiger partial charge in [0.2, 0.25) is 0 Å². The van der Waals surface area contributed by atoms with Gasteiger partial charge in [0.05, 0.1) is 12.0 Å². The summed E-state index contributed by atoms with van der Waals surface area (Å²) in [6.45, 7) is 0. The first-order chi connectivity index (χ1) is 5.18. The Morgan fingerprint density at radius 2 is 2.09 bits per heavy atom. The van der Waals surface area contributed by atoms with Crippen LogP contribution in [-0.2, 0) is 9.53 Å². The zero-order chi connectivity index (χ0) is 8.32. The molecule has 1 saturated carbocycles. The maximum absolute atomic E-state index is 10.4.